The maximum absolute atomic E-state index is 12.4. The van der Waals surface area contributed by atoms with Crippen LogP contribution in [0.2, 0.25) is 0 Å². The van der Waals surface area contributed by atoms with Gasteiger partial charge in [-0.25, -0.2) is 0 Å². The summed E-state index contributed by atoms with van der Waals surface area (Å²) in [4.78, 5) is 52.3. The Morgan fingerprint density at radius 1 is 1.13 bits per heavy atom. The van der Waals surface area contributed by atoms with E-state index in [1.165, 1.54) is 4.90 Å². The predicted octanol–water partition coefficient (Wildman–Crippen LogP) is 1.78. The molecule has 2 aromatic rings. The van der Waals surface area contributed by atoms with E-state index in [9.17, 15) is 19.2 Å². The smallest absolute Gasteiger partial charge is 0.276 e. The van der Waals surface area contributed by atoms with Crippen molar-refractivity contribution in [3.05, 3.63) is 52.9 Å². The lowest BCUT2D eigenvalue weighted by Gasteiger charge is -2.32. The van der Waals surface area contributed by atoms with Crippen LogP contribution in [-0.2, 0) is 4.79 Å². The van der Waals surface area contributed by atoms with Crippen molar-refractivity contribution in [3.63, 3.8) is 0 Å². The zero-order chi connectivity index (χ0) is 22.0. The molecule has 9 nitrogen and oxygen atoms in total. The number of rotatable bonds is 6. The number of aryl methyl sites for hydroxylation is 1. The Morgan fingerprint density at radius 2 is 1.77 bits per heavy atom. The molecule has 9 heteroatoms. The number of carbonyl (C=O) groups is 4. The molecule has 4 amide bonds. The van der Waals surface area contributed by atoms with Gasteiger partial charge in [-0.15, -0.1) is 0 Å². The lowest BCUT2D eigenvalue weighted by Crippen LogP contribution is -2.46. The number of carbonyl (C=O) groups excluding carboxylic acids is 4. The number of hydrogen-bond acceptors (Lipinski definition) is 6. The number of fused-ring (bicyclic) bond motifs is 1. The van der Waals surface area contributed by atoms with E-state index in [1.54, 1.807) is 42.2 Å². The molecule has 0 spiro atoms. The van der Waals surface area contributed by atoms with E-state index in [0.717, 1.165) is 0 Å². The summed E-state index contributed by atoms with van der Waals surface area (Å²) in [5.41, 5.74) is 1.13. The highest BCUT2D eigenvalue weighted by Gasteiger charge is 2.34. The Hall–Kier alpha value is -3.49. The van der Waals surface area contributed by atoms with E-state index < -0.39 is 0 Å². The number of piperidine rings is 1. The highest BCUT2D eigenvalue weighted by Crippen LogP contribution is 2.22. The van der Waals surface area contributed by atoms with E-state index in [4.69, 9.17) is 4.52 Å². The molecule has 31 heavy (non-hydrogen) atoms. The molecule has 162 valence electrons. The number of likely N-dealkylation sites (tertiary alicyclic amines) is 1. The predicted molar refractivity (Wildman–Crippen MR) is 109 cm³/mol. The fourth-order valence-corrected chi connectivity index (χ4v) is 4.00. The molecular formula is C22H24N4O5. The van der Waals surface area contributed by atoms with Gasteiger partial charge in [0.2, 0.25) is 5.91 Å². The van der Waals surface area contributed by atoms with Crippen molar-refractivity contribution in [3.8, 4) is 0 Å². The lowest BCUT2D eigenvalue weighted by molar-refractivity contribution is -0.122. The molecule has 1 aromatic heterocycles. The number of imide groups is 1. The number of aromatic nitrogens is 1. The first-order valence-corrected chi connectivity index (χ1v) is 10.4. The van der Waals surface area contributed by atoms with Crippen molar-refractivity contribution in [2.45, 2.75) is 38.6 Å². The molecule has 0 radical (unpaired) electrons. The van der Waals surface area contributed by atoms with Crippen LogP contribution in [0.4, 0.5) is 0 Å². The van der Waals surface area contributed by atoms with Crippen LogP contribution < -0.4 is 5.32 Å². The first kappa shape index (κ1) is 20.8. The molecule has 0 atom stereocenters. The maximum Gasteiger partial charge on any atom is 0.276 e. The Morgan fingerprint density at radius 3 is 2.35 bits per heavy atom. The molecule has 0 aliphatic carbocycles. The molecule has 2 aliphatic heterocycles. The summed E-state index contributed by atoms with van der Waals surface area (Å²) in [6, 6.07) is 8.35. The molecule has 0 bridgehead atoms. The van der Waals surface area contributed by atoms with Gasteiger partial charge in [0.15, 0.2) is 5.69 Å². The first-order valence-electron chi connectivity index (χ1n) is 10.4. The Labute approximate surface area is 179 Å². The molecule has 0 saturated carbocycles. The van der Waals surface area contributed by atoms with Crippen LogP contribution in [0.1, 0.15) is 62.6 Å². The van der Waals surface area contributed by atoms with Crippen LogP contribution in [0, 0.1) is 6.92 Å². The Bertz CT molecular complexity index is 987. The monoisotopic (exact) mass is 424 g/mol. The standard InChI is InChI=1S/C22H24N4O5/c1-14-13-18(24-31-14)22(30)25-11-8-15(9-12-25)23-19(27)7-4-10-26-20(28)16-5-2-3-6-17(16)21(26)29/h2-3,5-6,13,15H,4,7-12H2,1H3,(H,23,27). The quantitative estimate of drug-likeness (QED) is 0.708. The number of nitrogens with zero attached hydrogens (tertiary/aromatic N) is 3. The average molecular weight is 424 g/mol. The SMILES string of the molecule is Cc1cc(C(=O)N2CCC(NC(=O)CCCN3C(=O)c4ccccc4C3=O)CC2)no1. The van der Waals surface area contributed by atoms with Crippen LogP contribution in [0.15, 0.2) is 34.9 Å². The lowest BCUT2D eigenvalue weighted by atomic mass is 10.0. The summed E-state index contributed by atoms with van der Waals surface area (Å²) >= 11 is 0. The summed E-state index contributed by atoms with van der Waals surface area (Å²) in [7, 11) is 0. The van der Waals surface area contributed by atoms with Gasteiger partial charge in [0.25, 0.3) is 17.7 Å². The highest BCUT2D eigenvalue weighted by molar-refractivity contribution is 6.21. The number of benzene rings is 1. The fourth-order valence-electron chi connectivity index (χ4n) is 4.00. The third-order valence-corrected chi connectivity index (χ3v) is 5.66. The molecule has 4 rings (SSSR count). The van der Waals surface area contributed by atoms with Gasteiger partial charge in [0, 0.05) is 38.2 Å². The van der Waals surface area contributed by atoms with Crippen molar-refractivity contribution in [1.82, 2.24) is 20.3 Å². The topological polar surface area (TPSA) is 113 Å². The van der Waals surface area contributed by atoms with Crippen LogP contribution in [0.5, 0.6) is 0 Å². The summed E-state index contributed by atoms with van der Waals surface area (Å²) in [5.74, 6) is -0.302. The molecule has 1 aromatic carbocycles. The van der Waals surface area contributed by atoms with Crippen molar-refractivity contribution in [2.75, 3.05) is 19.6 Å². The molecule has 1 saturated heterocycles. The van der Waals surface area contributed by atoms with E-state index in [0.29, 0.717) is 54.9 Å². The van der Waals surface area contributed by atoms with Gasteiger partial charge < -0.3 is 14.7 Å². The minimum atomic E-state index is -0.305. The molecule has 1 N–H and O–H groups in total. The van der Waals surface area contributed by atoms with E-state index in [-0.39, 0.29) is 42.6 Å². The average Bonchev–Trinajstić information content (AvgIpc) is 3.31. The van der Waals surface area contributed by atoms with Crippen molar-refractivity contribution >= 4 is 23.6 Å². The third-order valence-electron chi connectivity index (χ3n) is 5.66. The van der Waals surface area contributed by atoms with Crippen LogP contribution in [0.3, 0.4) is 0 Å². The van der Waals surface area contributed by atoms with Crippen molar-refractivity contribution in [1.29, 1.82) is 0 Å². The van der Waals surface area contributed by atoms with Crippen LogP contribution in [-0.4, -0.2) is 64.3 Å². The Kier molecular flexibility index (Phi) is 5.83. The van der Waals surface area contributed by atoms with Gasteiger partial charge in [0.1, 0.15) is 5.76 Å². The van der Waals surface area contributed by atoms with E-state index in [2.05, 4.69) is 10.5 Å². The maximum atomic E-state index is 12.4. The van der Waals surface area contributed by atoms with Crippen molar-refractivity contribution in [2.24, 2.45) is 0 Å². The highest BCUT2D eigenvalue weighted by atomic mass is 16.5. The minimum absolute atomic E-state index is 0.00472. The number of nitrogens with one attached hydrogen (secondary N) is 1. The van der Waals surface area contributed by atoms with Crippen LogP contribution in [0.25, 0.3) is 0 Å². The summed E-state index contributed by atoms with van der Waals surface area (Å²) < 4.78 is 4.96. The number of hydrogen-bond donors (Lipinski definition) is 1. The van der Waals surface area contributed by atoms with Gasteiger partial charge in [-0.05, 0) is 38.3 Å². The molecule has 3 heterocycles. The summed E-state index contributed by atoms with van der Waals surface area (Å²) in [6.45, 7) is 3.01. The van der Waals surface area contributed by atoms with E-state index >= 15 is 0 Å². The largest absolute Gasteiger partial charge is 0.361 e. The van der Waals surface area contributed by atoms with Crippen molar-refractivity contribution < 1.29 is 23.7 Å². The molecule has 1 fully saturated rings. The van der Waals surface area contributed by atoms with E-state index in [1.807, 2.05) is 0 Å². The van der Waals surface area contributed by atoms with Gasteiger partial charge in [-0.2, -0.15) is 0 Å². The second kappa shape index (κ2) is 8.71. The summed E-state index contributed by atoms with van der Waals surface area (Å²) in [6.07, 6.45) is 1.95. The first-order chi connectivity index (χ1) is 14.9. The summed E-state index contributed by atoms with van der Waals surface area (Å²) in [5, 5.41) is 6.75. The second-order valence-electron chi connectivity index (χ2n) is 7.87. The normalized spacial score (nSPS) is 16.5. The van der Waals surface area contributed by atoms with Gasteiger partial charge in [0.05, 0.1) is 11.1 Å². The van der Waals surface area contributed by atoms with Gasteiger partial charge in [-0.3, -0.25) is 24.1 Å². The Balaban J connectivity index is 1.19. The molecule has 2 aliphatic rings. The molecular weight excluding hydrogens is 400 g/mol. The second-order valence-corrected chi connectivity index (χ2v) is 7.87. The zero-order valence-electron chi connectivity index (χ0n) is 17.3. The van der Waals surface area contributed by atoms with Crippen LogP contribution >= 0.6 is 0 Å². The zero-order valence-corrected chi connectivity index (χ0v) is 17.3. The number of amides is 4. The fraction of sp³-hybridized carbons (Fsp3) is 0.409. The molecule has 0 unspecified atom stereocenters. The third kappa shape index (κ3) is 4.35. The van der Waals surface area contributed by atoms with Gasteiger partial charge >= 0.3 is 0 Å². The van der Waals surface area contributed by atoms with Gasteiger partial charge in [-0.1, -0.05) is 17.3 Å². The minimum Gasteiger partial charge on any atom is -0.361 e.